The molecular formula is C14H16N4O4. The summed E-state index contributed by atoms with van der Waals surface area (Å²) >= 11 is 0. The zero-order chi connectivity index (χ0) is 15.9. The summed E-state index contributed by atoms with van der Waals surface area (Å²) in [5.74, 6) is -0.649. The Balaban J connectivity index is 1.99. The van der Waals surface area contributed by atoms with E-state index in [2.05, 4.69) is 15.2 Å². The van der Waals surface area contributed by atoms with E-state index < -0.39 is 11.9 Å². The normalized spacial score (nSPS) is 10.2. The third-order valence-electron chi connectivity index (χ3n) is 2.89. The van der Waals surface area contributed by atoms with Gasteiger partial charge in [0.05, 0.1) is 6.42 Å². The van der Waals surface area contributed by atoms with Gasteiger partial charge in [0.1, 0.15) is 12.1 Å². The summed E-state index contributed by atoms with van der Waals surface area (Å²) in [6, 6.07) is 7.27. The van der Waals surface area contributed by atoms with Crippen molar-refractivity contribution in [2.75, 3.05) is 18.1 Å². The largest absolute Gasteiger partial charge is 0.484 e. The van der Waals surface area contributed by atoms with E-state index in [0.29, 0.717) is 5.75 Å². The van der Waals surface area contributed by atoms with Crippen molar-refractivity contribution in [2.45, 2.75) is 13.3 Å². The number of hydrogen-bond acceptors (Lipinski definition) is 5. The van der Waals surface area contributed by atoms with Crippen LogP contribution in [0, 0.1) is 6.92 Å². The Hall–Kier alpha value is -2.90. The van der Waals surface area contributed by atoms with Crippen molar-refractivity contribution in [3.05, 3.63) is 36.2 Å². The number of nitrogens with zero attached hydrogens (tertiary/aromatic N) is 3. The van der Waals surface area contributed by atoms with Gasteiger partial charge in [-0.1, -0.05) is 17.7 Å². The second-order valence-corrected chi connectivity index (χ2v) is 4.60. The zero-order valence-electron chi connectivity index (χ0n) is 12.0. The smallest absolute Gasteiger partial charge is 0.305 e. The van der Waals surface area contributed by atoms with Crippen LogP contribution < -0.4 is 9.64 Å². The summed E-state index contributed by atoms with van der Waals surface area (Å²) in [5, 5.41) is 15.0. The highest BCUT2D eigenvalue weighted by Gasteiger charge is 2.19. The summed E-state index contributed by atoms with van der Waals surface area (Å²) in [4.78, 5) is 28.0. The highest BCUT2D eigenvalue weighted by molar-refractivity contribution is 5.93. The van der Waals surface area contributed by atoms with Gasteiger partial charge in [-0.2, -0.15) is 10.1 Å². The van der Waals surface area contributed by atoms with E-state index in [1.165, 1.54) is 11.2 Å². The van der Waals surface area contributed by atoms with Crippen LogP contribution in [-0.2, 0) is 9.59 Å². The van der Waals surface area contributed by atoms with Crippen LogP contribution >= 0.6 is 0 Å². The molecule has 0 bridgehead atoms. The number of aromatic amines is 1. The molecule has 2 N–H and O–H groups in total. The summed E-state index contributed by atoms with van der Waals surface area (Å²) in [6.07, 6.45) is 1.05. The Kier molecular flexibility index (Phi) is 5.07. The number of ether oxygens (including phenoxy) is 1. The van der Waals surface area contributed by atoms with Gasteiger partial charge in [-0.25, -0.2) is 5.10 Å². The minimum atomic E-state index is -1.00. The maximum Gasteiger partial charge on any atom is 0.305 e. The minimum absolute atomic E-state index is 0.0133. The van der Waals surface area contributed by atoms with Gasteiger partial charge in [0, 0.05) is 6.54 Å². The lowest BCUT2D eigenvalue weighted by atomic mass is 10.2. The molecule has 1 amide bonds. The first-order chi connectivity index (χ1) is 10.6. The SMILES string of the molecule is Cc1ccc(OCC(=O)N(CCC(=O)O)c2ncn[nH]2)cc1. The lowest BCUT2D eigenvalue weighted by molar-refractivity contribution is -0.136. The van der Waals surface area contributed by atoms with Gasteiger partial charge < -0.3 is 9.84 Å². The number of rotatable bonds is 7. The van der Waals surface area contributed by atoms with Crippen molar-refractivity contribution in [3.8, 4) is 5.75 Å². The molecule has 0 atom stereocenters. The molecule has 0 aliphatic carbocycles. The molecule has 2 aromatic rings. The van der Waals surface area contributed by atoms with Gasteiger partial charge in [-0.3, -0.25) is 14.5 Å². The predicted molar refractivity (Wildman–Crippen MR) is 77.7 cm³/mol. The third-order valence-corrected chi connectivity index (χ3v) is 2.89. The molecule has 22 heavy (non-hydrogen) atoms. The topological polar surface area (TPSA) is 108 Å². The molecule has 1 heterocycles. The Labute approximate surface area is 126 Å². The van der Waals surface area contributed by atoms with Gasteiger partial charge >= 0.3 is 5.97 Å². The fourth-order valence-corrected chi connectivity index (χ4v) is 1.74. The number of H-pyrrole nitrogens is 1. The number of hydrogen-bond donors (Lipinski definition) is 2. The highest BCUT2D eigenvalue weighted by Crippen LogP contribution is 2.12. The van der Waals surface area contributed by atoms with Crippen LogP contribution in [0.3, 0.4) is 0 Å². The molecule has 0 saturated carbocycles. The summed E-state index contributed by atoms with van der Waals surface area (Å²) in [7, 11) is 0. The summed E-state index contributed by atoms with van der Waals surface area (Å²) in [5.41, 5.74) is 1.09. The Morgan fingerprint density at radius 1 is 1.32 bits per heavy atom. The van der Waals surface area contributed by atoms with Crippen LogP contribution in [-0.4, -0.2) is 45.3 Å². The fourth-order valence-electron chi connectivity index (χ4n) is 1.74. The highest BCUT2D eigenvalue weighted by atomic mass is 16.5. The number of aryl methyl sites for hydroxylation is 1. The third kappa shape index (κ3) is 4.30. The predicted octanol–water partition coefficient (Wildman–Crippen LogP) is 1.000. The number of carbonyl (C=O) groups is 2. The maximum absolute atomic E-state index is 12.2. The lowest BCUT2D eigenvalue weighted by Gasteiger charge is -2.18. The Bertz CT molecular complexity index is 625. The number of amides is 1. The molecule has 1 aromatic heterocycles. The average Bonchev–Trinajstić information content (AvgIpc) is 3.00. The zero-order valence-corrected chi connectivity index (χ0v) is 12.0. The molecule has 0 fully saturated rings. The van der Waals surface area contributed by atoms with Gasteiger partial charge in [0.15, 0.2) is 6.61 Å². The quantitative estimate of drug-likeness (QED) is 0.790. The number of benzene rings is 1. The van der Waals surface area contributed by atoms with Crippen molar-refractivity contribution in [1.82, 2.24) is 15.2 Å². The molecule has 0 saturated heterocycles. The van der Waals surface area contributed by atoms with E-state index in [4.69, 9.17) is 9.84 Å². The van der Waals surface area contributed by atoms with Gasteiger partial charge in [-0.05, 0) is 19.1 Å². The molecule has 1 aromatic carbocycles. The molecule has 0 aliphatic heterocycles. The first-order valence-electron chi connectivity index (χ1n) is 6.63. The fraction of sp³-hybridized carbons (Fsp3) is 0.286. The van der Waals surface area contributed by atoms with Crippen molar-refractivity contribution >= 4 is 17.8 Å². The van der Waals surface area contributed by atoms with Crippen molar-refractivity contribution in [3.63, 3.8) is 0 Å². The van der Waals surface area contributed by atoms with Crippen molar-refractivity contribution < 1.29 is 19.4 Å². The number of nitrogens with one attached hydrogen (secondary N) is 1. The van der Waals surface area contributed by atoms with Crippen LogP contribution in [0.5, 0.6) is 5.75 Å². The van der Waals surface area contributed by atoms with Crippen molar-refractivity contribution in [2.24, 2.45) is 0 Å². The molecule has 8 heteroatoms. The summed E-state index contributed by atoms with van der Waals surface area (Å²) in [6.45, 7) is 1.72. The molecule has 0 unspecified atom stereocenters. The van der Waals surface area contributed by atoms with Crippen molar-refractivity contribution in [1.29, 1.82) is 0 Å². The van der Waals surface area contributed by atoms with Crippen LogP contribution in [0.2, 0.25) is 0 Å². The van der Waals surface area contributed by atoms with E-state index >= 15 is 0 Å². The number of carboxylic acids is 1. The molecule has 2 rings (SSSR count). The van der Waals surface area contributed by atoms with Gasteiger partial charge in [0.25, 0.3) is 5.91 Å². The molecule has 0 spiro atoms. The first kappa shape index (κ1) is 15.5. The van der Waals surface area contributed by atoms with E-state index in [-0.39, 0.29) is 25.5 Å². The van der Waals surface area contributed by atoms with Gasteiger partial charge in [-0.15, -0.1) is 0 Å². The molecular weight excluding hydrogens is 288 g/mol. The van der Waals surface area contributed by atoms with Crippen LogP contribution in [0.4, 0.5) is 5.95 Å². The lowest BCUT2D eigenvalue weighted by Crippen LogP contribution is -2.37. The van der Waals surface area contributed by atoms with E-state index in [1.807, 2.05) is 19.1 Å². The number of carbonyl (C=O) groups excluding carboxylic acids is 1. The van der Waals surface area contributed by atoms with Crippen LogP contribution in [0.15, 0.2) is 30.6 Å². The summed E-state index contributed by atoms with van der Waals surface area (Å²) < 4.78 is 5.41. The standard InChI is InChI=1S/C14H16N4O4/c1-10-2-4-11(5-3-10)22-8-12(19)18(7-6-13(20)21)14-15-9-16-17-14/h2-5,9H,6-8H2,1H3,(H,20,21)(H,15,16,17). The first-order valence-corrected chi connectivity index (χ1v) is 6.63. The number of carboxylic acid groups (broad SMARTS) is 1. The van der Waals surface area contributed by atoms with Gasteiger partial charge in [0.2, 0.25) is 5.95 Å². The Morgan fingerprint density at radius 3 is 2.64 bits per heavy atom. The maximum atomic E-state index is 12.2. The van der Waals surface area contributed by atoms with Crippen LogP contribution in [0.25, 0.3) is 0 Å². The number of aromatic nitrogens is 3. The molecule has 8 nitrogen and oxygen atoms in total. The Morgan fingerprint density at radius 2 is 2.05 bits per heavy atom. The van der Waals surface area contributed by atoms with E-state index in [0.717, 1.165) is 5.56 Å². The molecule has 0 aliphatic rings. The average molecular weight is 304 g/mol. The van der Waals surface area contributed by atoms with E-state index in [9.17, 15) is 9.59 Å². The monoisotopic (exact) mass is 304 g/mol. The number of aliphatic carboxylic acids is 1. The second kappa shape index (κ2) is 7.21. The molecule has 0 radical (unpaired) electrons. The molecule has 116 valence electrons. The minimum Gasteiger partial charge on any atom is -0.484 e. The van der Waals surface area contributed by atoms with E-state index in [1.54, 1.807) is 12.1 Å². The second-order valence-electron chi connectivity index (χ2n) is 4.60. The van der Waals surface area contributed by atoms with Crippen LogP contribution in [0.1, 0.15) is 12.0 Å². The number of anilines is 1.